The smallest absolute Gasteiger partial charge is 0.450 e. The number of ether oxygens (including phenoxy) is 1. The van der Waals surface area contributed by atoms with E-state index in [1.165, 1.54) is 12.1 Å². The fraction of sp³-hybridized carbons (Fsp3) is 0.429. The lowest BCUT2D eigenvalue weighted by Crippen LogP contribution is -2.47. The molecule has 208 valence electrons. The Hall–Kier alpha value is -3.44. The zero-order valence-electron chi connectivity index (χ0n) is 21.7. The van der Waals surface area contributed by atoms with E-state index in [1.807, 2.05) is 17.7 Å². The van der Waals surface area contributed by atoms with Crippen LogP contribution in [-0.4, -0.2) is 60.3 Å². The van der Waals surface area contributed by atoms with Crippen molar-refractivity contribution in [1.29, 1.82) is 0 Å². The molecular weight excluding hydrogens is 525 g/mol. The number of carbonyl (C=O) groups excluding carboxylic acids is 1. The molecule has 0 radical (unpaired) electrons. The maximum atomic E-state index is 13.4. The van der Waals surface area contributed by atoms with Crippen molar-refractivity contribution in [2.75, 3.05) is 13.1 Å². The van der Waals surface area contributed by atoms with Crippen LogP contribution in [0.25, 0.3) is 22.2 Å². The first-order chi connectivity index (χ1) is 18.6. The minimum absolute atomic E-state index is 0.0129. The summed E-state index contributed by atoms with van der Waals surface area (Å²) in [5.41, 5.74) is 2.43. The molecule has 1 unspecified atom stereocenters. The van der Waals surface area contributed by atoms with Crippen LogP contribution in [0.15, 0.2) is 53.4 Å². The van der Waals surface area contributed by atoms with Crippen LogP contribution in [0, 0.1) is 11.7 Å². The summed E-state index contributed by atoms with van der Waals surface area (Å²) < 4.78 is 49.5. The zero-order valence-corrected chi connectivity index (χ0v) is 22.5. The van der Waals surface area contributed by atoms with Gasteiger partial charge in [-0.25, -0.2) is 22.3 Å². The predicted molar refractivity (Wildman–Crippen MR) is 143 cm³/mol. The van der Waals surface area contributed by atoms with Crippen molar-refractivity contribution in [3.63, 3.8) is 0 Å². The van der Waals surface area contributed by atoms with Crippen molar-refractivity contribution in [2.45, 2.75) is 55.6 Å². The summed E-state index contributed by atoms with van der Waals surface area (Å²) in [4.78, 5) is 25.7. The molecule has 2 fully saturated rings. The van der Waals surface area contributed by atoms with Gasteiger partial charge in [-0.3, -0.25) is 4.79 Å². The summed E-state index contributed by atoms with van der Waals surface area (Å²) in [6.07, 6.45) is 1.66. The summed E-state index contributed by atoms with van der Waals surface area (Å²) in [7, 11) is -1.94. The Kier molecular flexibility index (Phi) is 7.64. The summed E-state index contributed by atoms with van der Waals surface area (Å²) in [6, 6.07) is 12.8. The number of hydrogen-bond donors (Lipinski definition) is 2. The van der Waals surface area contributed by atoms with Gasteiger partial charge in [0.1, 0.15) is 11.9 Å². The van der Waals surface area contributed by atoms with E-state index in [0.717, 1.165) is 22.2 Å². The quantitative estimate of drug-likeness (QED) is 0.431. The van der Waals surface area contributed by atoms with E-state index in [1.54, 1.807) is 35.2 Å². The van der Waals surface area contributed by atoms with Gasteiger partial charge in [-0.2, -0.15) is 0 Å². The molecule has 3 aromatic rings. The van der Waals surface area contributed by atoms with E-state index in [9.17, 15) is 22.4 Å². The molecule has 1 aromatic heterocycles. The van der Waals surface area contributed by atoms with Gasteiger partial charge < -0.3 is 19.3 Å². The van der Waals surface area contributed by atoms with Gasteiger partial charge in [0.05, 0.1) is 11.4 Å². The van der Waals surface area contributed by atoms with Crippen LogP contribution in [0.2, 0.25) is 0 Å². The second-order valence-corrected chi connectivity index (χ2v) is 12.1. The van der Waals surface area contributed by atoms with Crippen LogP contribution < -0.4 is 4.72 Å². The molecule has 1 amide bonds. The van der Waals surface area contributed by atoms with Gasteiger partial charge >= 0.3 is 6.16 Å². The minimum Gasteiger partial charge on any atom is -0.450 e. The fourth-order valence-electron chi connectivity index (χ4n) is 5.76. The average molecular weight is 558 g/mol. The number of likely N-dealkylation sites (tertiary alicyclic amines) is 1. The monoisotopic (exact) mass is 557 g/mol. The van der Waals surface area contributed by atoms with Crippen molar-refractivity contribution in [1.82, 2.24) is 14.2 Å². The van der Waals surface area contributed by atoms with Crippen molar-refractivity contribution in [3.05, 3.63) is 54.3 Å². The minimum atomic E-state index is -3.79. The number of hydrogen-bond acceptors (Lipinski definition) is 5. The molecule has 11 heteroatoms. The van der Waals surface area contributed by atoms with E-state index < -0.39 is 22.3 Å². The van der Waals surface area contributed by atoms with E-state index in [0.29, 0.717) is 45.1 Å². The molecule has 0 bridgehead atoms. The first-order valence-electron chi connectivity index (χ1n) is 13.2. The Morgan fingerprint density at radius 1 is 1.03 bits per heavy atom. The van der Waals surface area contributed by atoms with E-state index in [2.05, 4.69) is 4.72 Å². The Balaban J connectivity index is 1.22. The highest BCUT2D eigenvalue weighted by Gasteiger charge is 2.34. The van der Waals surface area contributed by atoms with Crippen molar-refractivity contribution in [3.8, 4) is 11.3 Å². The summed E-state index contributed by atoms with van der Waals surface area (Å²) in [5.74, 6) is -0.541. The van der Waals surface area contributed by atoms with Crippen molar-refractivity contribution < 1.29 is 32.2 Å². The molecule has 2 aliphatic rings. The number of aryl methyl sites for hydroxylation is 1. The van der Waals surface area contributed by atoms with E-state index >= 15 is 0 Å². The highest BCUT2D eigenvalue weighted by Crippen LogP contribution is 2.31. The number of nitrogens with zero attached hydrogens (tertiary/aromatic N) is 2. The number of aromatic nitrogens is 1. The van der Waals surface area contributed by atoms with Gasteiger partial charge in [-0.1, -0.05) is 6.07 Å². The Morgan fingerprint density at radius 3 is 2.44 bits per heavy atom. The SMILES string of the molecule is Cn1c(-c2ccc(F)cc2)cc2ccc(S(=O)(=O)NC3CCC(C(=O)N4CCCC(OC(=O)O)C4)CC3)cc21. The lowest BCUT2D eigenvalue weighted by Gasteiger charge is -2.36. The fourth-order valence-corrected chi connectivity index (χ4v) is 7.08. The average Bonchev–Trinajstić information content (AvgIpc) is 3.24. The number of piperidine rings is 1. The molecule has 1 atom stereocenters. The third kappa shape index (κ3) is 5.94. The zero-order chi connectivity index (χ0) is 27.7. The predicted octanol–water partition coefficient (Wildman–Crippen LogP) is 4.51. The molecule has 39 heavy (non-hydrogen) atoms. The van der Waals surface area contributed by atoms with Gasteiger partial charge in [0, 0.05) is 42.1 Å². The van der Waals surface area contributed by atoms with Gasteiger partial charge in [-0.05, 0) is 86.6 Å². The molecule has 1 aliphatic carbocycles. The summed E-state index contributed by atoms with van der Waals surface area (Å²) >= 11 is 0. The Labute approximate surface area is 226 Å². The number of carbonyl (C=O) groups is 2. The van der Waals surface area contributed by atoms with Crippen molar-refractivity contribution in [2.24, 2.45) is 13.0 Å². The third-order valence-corrected chi connectivity index (χ3v) is 9.34. The maximum absolute atomic E-state index is 13.4. The Bertz CT molecular complexity index is 1480. The highest BCUT2D eigenvalue weighted by molar-refractivity contribution is 7.89. The second-order valence-electron chi connectivity index (χ2n) is 10.4. The largest absolute Gasteiger partial charge is 0.506 e. The van der Waals surface area contributed by atoms with E-state index in [4.69, 9.17) is 9.84 Å². The number of fused-ring (bicyclic) bond motifs is 1. The van der Waals surface area contributed by atoms with E-state index in [-0.39, 0.29) is 35.1 Å². The third-order valence-electron chi connectivity index (χ3n) is 7.82. The second kappa shape index (κ2) is 11.0. The summed E-state index contributed by atoms with van der Waals surface area (Å²) in [5, 5.41) is 9.75. The van der Waals surface area contributed by atoms with Gasteiger partial charge in [-0.15, -0.1) is 0 Å². The molecule has 1 saturated heterocycles. The molecule has 2 aromatic carbocycles. The first kappa shape index (κ1) is 27.1. The highest BCUT2D eigenvalue weighted by atomic mass is 32.2. The van der Waals surface area contributed by atoms with Crippen LogP contribution in [0.5, 0.6) is 0 Å². The number of sulfonamides is 1. The molecule has 1 saturated carbocycles. The maximum Gasteiger partial charge on any atom is 0.506 e. The molecule has 5 rings (SSSR count). The molecule has 0 spiro atoms. The molecule has 2 N–H and O–H groups in total. The topological polar surface area (TPSA) is 118 Å². The lowest BCUT2D eigenvalue weighted by atomic mass is 9.85. The molecular formula is C28H32FN3O6S. The van der Waals surface area contributed by atoms with Crippen LogP contribution >= 0.6 is 0 Å². The van der Waals surface area contributed by atoms with Crippen LogP contribution in [0.3, 0.4) is 0 Å². The number of benzene rings is 2. The van der Waals surface area contributed by atoms with Gasteiger partial charge in [0.15, 0.2) is 0 Å². The lowest BCUT2D eigenvalue weighted by molar-refractivity contribution is -0.140. The standard InChI is InChI=1S/C28H32FN3O6S/c1-31-25(18-4-9-21(29)10-5-18)15-20-8-13-24(16-26(20)31)39(36,37)30-22-11-6-19(7-12-22)27(33)32-14-2-3-23(17-32)38-28(34)35/h4-5,8-10,13,15-16,19,22-23,30H,2-3,6-7,11-12,14,17H2,1H3,(H,34,35). The van der Waals surface area contributed by atoms with Gasteiger partial charge in [0.2, 0.25) is 15.9 Å². The number of nitrogens with one attached hydrogen (secondary N) is 1. The normalized spacial score (nSPS) is 22.1. The summed E-state index contributed by atoms with van der Waals surface area (Å²) in [6.45, 7) is 0.845. The number of amides is 1. The molecule has 9 nitrogen and oxygen atoms in total. The number of carboxylic acid groups (broad SMARTS) is 1. The number of rotatable bonds is 6. The first-order valence-corrected chi connectivity index (χ1v) is 14.6. The van der Waals surface area contributed by atoms with Crippen LogP contribution in [-0.2, 0) is 26.6 Å². The van der Waals surface area contributed by atoms with Crippen molar-refractivity contribution >= 4 is 33.0 Å². The van der Waals surface area contributed by atoms with Gasteiger partial charge in [0.25, 0.3) is 0 Å². The Morgan fingerprint density at radius 2 is 1.74 bits per heavy atom. The molecule has 1 aliphatic heterocycles. The number of halogens is 1. The van der Waals surface area contributed by atoms with Crippen LogP contribution in [0.4, 0.5) is 9.18 Å². The molecule has 2 heterocycles. The van der Waals surface area contributed by atoms with Crippen LogP contribution in [0.1, 0.15) is 38.5 Å².